The van der Waals surface area contributed by atoms with Gasteiger partial charge in [-0.3, -0.25) is 0 Å². The fraction of sp³-hybridized carbons (Fsp3) is 1.00. The summed E-state index contributed by atoms with van der Waals surface area (Å²) in [6, 6.07) is 0. The van der Waals surface area contributed by atoms with Crippen LogP contribution in [0, 0.1) is 0 Å². The van der Waals surface area contributed by atoms with Crippen LogP contribution in [-0.2, 0) is 19.6 Å². The van der Waals surface area contributed by atoms with Gasteiger partial charge in [0.15, 0.2) is 0 Å². The molecule has 0 heterocycles. The Morgan fingerprint density at radius 2 is 1.15 bits per heavy atom. The Morgan fingerprint density at radius 3 is 1.45 bits per heavy atom. The van der Waals surface area contributed by atoms with E-state index in [0.29, 0.717) is 12.8 Å². The van der Waals surface area contributed by atoms with Gasteiger partial charge in [0.25, 0.3) is 0 Å². The molecule has 0 saturated heterocycles. The minimum atomic E-state index is -1.04. The molecule has 0 aliphatic rings. The third kappa shape index (κ3) is 8.17. The molecule has 0 aromatic rings. The van der Waals surface area contributed by atoms with Gasteiger partial charge in [0.05, 0.1) is 11.2 Å². The molecular formula is C15H32O5. The van der Waals surface area contributed by atoms with E-state index < -0.39 is 17.0 Å². The molecular weight excluding hydrogens is 260 g/mol. The first-order valence-electron chi connectivity index (χ1n) is 7.44. The highest BCUT2D eigenvalue weighted by Gasteiger charge is 2.34. The molecule has 0 aliphatic heterocycles. The van der Waals surface area contributed by atoms with Crippen LogP contribution in [-0.4, -0.2) is 28.7 Å². The molecule has 0 saturated carbocycles. The van der Waals surface area contributed by atoms with E-state index >= 15 is 0 Å². The molecule has 0 fully saturated rings. The number of aliphatic hydroxyl groups excluding tert-OH is 1. The lowest BCUT2D eigenvalue weighted by Crippen LogP contribution is -2.39. The van der Waals surface area contributed by atoms with Gasteiger partial charge in [-0.15, -0.1) is 0 Å². The minimum Gasteiger partial charge on any atom is -0.396 e. The standard InChI is InChI=1S/C15H32O5/c1-8-13(3,4)17-19-15(7,11-10-12-16)20-18-14(5,6)9-2/h16H,8-12H2,1-7H3. The van der Waals surface area contributed by atoms with Gasteiger partial charge < -0.3 is 5.11 Å². The maximum atomic E-state index is 8.99. The van der Waals surface area contributed by atoms with E-state index in [4.69, 9.17) is 24.7 Å². The molecule has 1 N–H and O–H groups in total. The Hall–Kier alpha value is -0.200. The van der Waals surface area contributed by atoms with Gasteiger partial charge in [-0.1, -0.05) is 13.8 Å². The molecule has 0 rings (SSSR count). The number of rotatable bonds is 11. The molecule has 0 bridgehead atoms. The molecule has 5 nitrogen and oxygen atoms in total. The normalized spacial score (nSPS) is 13.8. The molecule has 0 aromatic carbocycles. The van der Waals surface area contributed by atoms with Gasteiger partial charge >= 0.3 is 0 Å². The summed E-state index contributed by atoms with van der Waals surface area (Å²) in [5.41, 5.74) is -0.797. The van der Waals surface area contributed by atoms with Crippen LogP contribution in [0.5, 0.6) is 0 Å². The second-order valence-electron chi connectivity index (χ2n) is 6.52. The molecule has 0 unspecified atom stereocenters. The van der Waals surface area contributed by atoms with E-state index in [0.717, 1.165) is 12.8 Å². The third-order valence-corrected chi connectivity index (χ3v) is 3.38. The van der Waals surface area contributed by atoms with E-state index in [1.165, 1.54) is 0 Å². The molecule has 20 heavy (non-hydrogen) atoms. The highest BCUT2D eigenvalue weighted by atomic mass is 17.3. The van der Waals surface area contributed by atoms with E-state index in [1.54, 1.807) is 6.92 Å². The molecule has 0 atom stereocenters. The molecule has 5 heteroatoms. The van der Waals surface area contributed by atoms with Crippen molar-refractivity contribution in [3.8, 4) is 0 Å². The zero-order chi connectivity index (χ0) is 15.9. The summed E-state index contributed by atoms with van der Waals surface area (Å²) in [5.74, 6) is -1.04. The minimum absolute atomic E-state index is 0.0661. The lowest BCUT2D eigenvalue weighted by Gasteiger charge is -2.34. The fourth-order valence-corrected chi connectivity index (χ4v) is 1.02. The van der Waals surface area contributed by atoms with Gasteiger partial charge in [0, 0.05) is 13.0 Å². The number of hydrogen-bond donors (Lipinski definition) is 1. The number of aliphatic hydroxyl groups is 1. The Morgan fingerprint density at radius 1 is 0.750 bits per heavy atom. The maximum Gasteiger partial charge on any atom is 0.231 e. The van der Waals surface area contributed by atoms with Crippen LogP contribution in [0.15, 0.2) is 0 Å². The Kier molecular flexibility index (Phi) is 8.21. The van der Waals surface area contributed by atoms with E-state index in [9.17, 15) is 0 Å². The Bertz CT molecular complexity index is 243. The van der Waals surface area contributed by atoms with Gasteiger partial charge in [0.1, 0.15) is 0 Å². The van der Waals surface area contributed by atoms with Crippen molar-refractivity contribution in [1.29, 1.82) is 0 Å². The lowest BCUT2D eigenvalue weighted by atomic mass is 10.1. The first-order valence-corrected chi connectivity index (χ1v) is 7.44. The van der Waals surface area contributed by atoms with Gasteiger partial charge in [0.2, 0.25) is 5.79 Å². The van der Waals surface area contributed by atoms with E-state index in [2.05, 4.69) is 0 Å². The highest BCUT2D eigenvalue weighted by Crippen LogP contribution is 2.27. The van der Waals surface area contributed by atoms with Crippen molar-refractivity contribution in [2.75, 3.05) is 6.61 Å². The van der Waals surface area contributed by atoms with Crippen LogP contribution in [0.1, 0.15) is 74.1 Å². The van der Waals surface area contributed by atoms with Crippen LogP contribution in [0.25, 0.3) is 0 Å². The van der Waals surface area contributed by atoms with Crippen molar-refractivity contribution >= 4 is 0 Å². The molecule has 122 valence electrons. The molecule has 0 amide bonds. The predicted octanol–water partition coefficient (Wildman–Crippen LogP) is 3.75. The highest BCUT2D eigenvalue weighted by molar-refractivity contribution is 4.66. The molecule has 0 aliphatic carbocycles. The zero-order valence-corrected chi connectivity index (χ0v) is 14.1. The van der Waals surface area contributed by atoms with Crippen molar-refractivity contribution in [3.63, 3.8) is 0 Å². The largest absolute Gasteiger partial charge is 0.396 e. The zero-order valence-electron chi connectivity index (χ0n) is 14.1. The van der Waals surface area contributed by atoms with Crippen LogP contribution < -0.4 is 0 Å². The van der Waals surface area contributed by atoms with Crippen molar-refractivity contribution < 1.29 is 24.7 Å². The summed E-state index contributed by atoms with van der Waals surface area (Å²) in [5, 5.41) is 8.99. The summed E-state index contributed by atoms with van der Waals surface area (Å²) in [6.07, 6.45) is 2.64. The van der Waals surface area contributed by atoms with E-state index in [-0.39, 0.29) is 6.61 Å². The second kappa shape index (κ2) is 8.29. The van der Waals surface area contributed by atoms with E-state index in [1.807, 2.05) is 41.5 Å². The Balaban J connectivity index is 4.57. The van der Waals surface area contributed by atoms with Crippen LogP contribution in [0.3, 0.4) is 0 Å². The first-order chi connectivity index (χ1) is 9.10. The Labute approximate surface area is 123 Å². The summed E-state index contributed by atoms with van der Waals surface area (Å²) in [7, 11) is 0. The average Bonchev–Trinajstić information content (AvgIpc) is 2.41. The summed E-state index contributed by atoms with van der Waals surface area (Å²) in [4.78, 5) is 21.8. The predicted molar refractivity (Wildman–Crippen MR) is 77.8 cm³/mol. The van der Waals surface area contributed by atoms with Gasteiger partial charge in [-0.25, -0.2) is 9.78 Å². The van der Waals surface area contributed by atoms with Crippen LogP contribution in [0.4, 0.5) is 0 Å². The molecule has 0 radical (unpaired) electrons. The lowest BCUT2D eigenvalue weighted by molar-refractivity contribution is -0.540. The summed E-state index contributed by atoms with van der Waals surface area (Å²) >= 11 is 0. The van der Waals surface area contributed by atoms with Gasteiger partial charge in [-0.05, 0) is 53.9 Å². The quantitative estimate of drug-likeness (QED) is 0.357. The second-order valence-corrected chi connectivity index (χ2v) is 6.52. The van der Waals surface area contributed by atoms with Crippen molar-refractivity contribution in [1.82, 2.24) is 0 Å². The first kappa shape index (κ1) is 19.8. The third-order valence-electron chi connectivity index (χ3n) is 3.38. The van der Waals surface area contributed by atoms with Crippen molar-refractivity contribution in [3.05, 3.63) is 0 Å². The number of hydrogen-bond acceptors (Lipinski definition) is 5. The molecule has 0 aromatic heterocycles. The van der Waals surface area contributed by atoms with Crippen LogP contribution in [0.2, 0.25) is 0 Å². The van der Waals surface area contributed by atoms with Crippen molar-refractivity contribution in [2.45, 2.75) is 91.1 Å². The molecule has 0 spiro atoms. The summed E-state index contributed by atoms with van der Waals surface area (Å²) < 4.78 is 0. The smallest absolute Gasteiger partial charge is 0.231 e. The monoisotopic (exact) mass is 292 g/mol. The fourth-order valence-electron chi connectivity index (χ4n) is 1.02. The maximum absolute atomic E-state index is 8.99. The SMILES string of the molecule is CCC(C)(C)OOC(C)(CCCO)OOC(C)(C)CC. The van der Waals surface area contributed by atoms with Gasteiger partial charge in [-0.2, -0.15) is 9.78 Å². The average molecular weight is 292 g/mol. The van der Waals surface area contributed by atoms with Crippen LogP contribution >= 0.6 is 0 Å². The van der Waals surface area contributed by atoms with Crippen molar-refractivity contribution in [2.24, 2.45) is 0 Å². The topological polar surface area (TPSA) is 57.2 Å². The summed E-state index contributed by atoms with van der Waals surface area (Å²) in [6.45, 7) is 13.6.